The first-order valence-electron chi connectivity index (χ1n) is 7.12. The number of hydrogen-bond donors (Lipinski definition) is 1. The second-order valence-corrected chi connectivity index (χ2v) is 8.91. The van der Waals surface area contributed by atoms with Crippen LogP contribution in [0.2, 0.25) is 8.87 Å². The van der Waals surface area contributed by atoms with E-state index < -0.39 is 5.97 Å². The van der Waals surface area contributed by atoms with Crippen LogP contribution in [0.5, 0.6) is 0 Å². The van der Waals surface area contributed by atoms with Crippen molar-refractivity contribution >= 4 is 27.1 Å². The van der Waals surface area contributed by atoms with Gasteiger partial charge in [-0.05, 0) is 19.1 Å². The predicted molar refractivity (Wildman–Crippen MR) is 83.3 cm³/mol. The van der Waals surface area contributed by atoms with Crippen LogP contribution in [0.15, 0.2) is 24.3 Å². The van der Waals surface area contributed by atoms with Gasteiger partial charge in [0, 0.05) is 0 Å². The van der Waals surface area contributed by atoms with E-state index in [0.29, 0.717) is 5.56 Å². The van der Waals surface area contributed by atoms with Crippen molar-refractivity contribution in [2.75, 3.05) is 0 Å². The molecule has 0 unspecified atom stereocenters. The first-order chi connectivity index (χ1) is 9.11. The number of aryl methyl sites for hydroxylation is 1. The van der Waals surface area contributed by atoms with E-state index in [0.717, 1.165) is 5.56 Å². The minimum absolute atomic E-state index is 0.149. The number of aromatic carboxylic acids is 1. The molecule has 1 aromatic carbocycles. The van der Waals surface area contributed by atoms with Gasteiger partial charge in [-0.25, -0.2) is 4.79 Å². The number of unbranched alkanes of at least 4 members (excludes halogenated alkanes) is 2. The summed E-state index contributed by atoms with van der Waals surface area (Å²) in [6.07, 6.45) is 5.84. The number of rotatable bonds is 7. The minimum Gasteiger partial charge on any atom is -0.478 e. The van der Waals surface area contributed by atoms with Crippen LogP contribution in [-0.2, 0) is 0 Å². The maximum atomic E-state index is 10.3. The van der Waals surface area contributed by atoms with Gasteiger partial charge in [0.1, 0.15) is 0 Å². The van der Waals surface area contributed by atoms with Gasteiger partial charge in [0.05, 0.1) is 5.56 Å². The first kappa shape index (κ1) is 18.5. The van der Waals surface area contributed by atoms with Crippen LogP contribution in [-0.4, -0.2) is 32.2 Å². The average molecular weight is 369 g/mol. The predicted octanol–water partition coefficient (Wildman–Crippen LogP) is 4.82. The summed E-state index contributed by atoms with van der Waals surface area (Å²) in [4.78, 5) is 10.3. The van der Waals surface area contributed by atoms with Gasteiger partial charge < -0.3 is 5.11 Å². The average Bonchev–Trinajstić information content (AvgIpc) is 2.40. The molecule has 0 bridgehead atoms. The molecule has 1 rings (SSSR count). The monoisotopic (exact) mass is 370 g/mol. The fourth-order valence-corrected chi connectivity index (χ4v) is 5.58. The Hall–Kier alpha value is -0.511. The van der Waals surface area contributed by atoms with E-state index in [4.69, 9.17) is 5.11 Å². The molecule has 0 spiro atoms. The van der Waals surface area contributed by atoms with Crippen LogP contribution in [0, 0.1) is 6.92 Å². The molecule has 0 aliphatic carbocycles. The molecular formula is C16H26O2Sn. The Kier molecular flexibility index (Phi) is 12.2. The zero-order valence-electron chi connectivity index (χ0n) is 12.4. The molecule has 1 aromatic rings. The van der Waals surface area contributed by atoms with E-state index >= 15 is 0 Å². The summed E-state index contributed by atoms with van der Waals surface area (Å²) < 4.78 is 3.25. The molecule has 0 saturated heterocycles. The van der Waals surface area contributed by atoms with Crippen molar-refractivity contribution in [3.05, 3.63) is 35.4 Å². The summed E-state index contributed by atoms with van der Waals surface area (Å²) in [6, 6.07) is 6.75. The molecule has 1 N–H and O–H groups in total. The van der Waals surface area contributed by atoms with Crippen molar-refractivity contribution in [3.63, 3.8) is 0 Å². The Labute approximate surface area is 127 Å². The second-order valence-electron chi connectivity index (χ2n) is 4.63. The summed E-state index contributed by atoms with van der Waals surface area (Å²) in [5.74, 6) is -0.875. The SMILES string of the molecule is CCC[CH2][Sn][CH2]CCC.Cc1ccc(C(=O)O)cc1. The third-order valence-corrected chi connectivity index (χ3v) is 6.75. The van der Waals surface area contributed by atoms with Gasteiger partial charge in [-0.1, -0.05) is 17.7 Å². The molecule has 0 aliphatic rings. The van der Waals surface area contributed by atoms with Crippen molar-refractivity contribution in [3.8, 4) is 0 Å². The van der Waals surface area contributed by atoms with Crippen LogP contribution >= 0.6 is 0 Å². The quantitative estimate of drug-likeness (QED) is 0.553. The van der Waals surface area contributed by atoms with E-state index in [1.807, 2.05) is 6.92 Å². The summed E-state index contributed by atoms with van der Waals surface area (Å²) in [5, 5.41) is 8.48. The van der Waals surface area contributed by atoms with Crippen LogP contribution < -0.4 is 0 Å². The molecular weight excluding hydrogens is 343 g/mol. The molecule has 0 amide bonds. The van der Waals surface area contributed by atoms with Gasteiger partial charge in [0.15, 0.2) is 0 Å². The third-order valence-electron chi connectivity index (χ3n) is 2.71. The normalized spacial score (nSPS) is 9.63. The maximum Gasteiger partial charge on any atom is 0.335 e. The number of carboxylic acids is 1. The minimum atomic E-state index is -0.875. The van der Waals surface area contributed by atoms with Crippen molar-refractivity contribution < 1.29 is 9.90 Å². The Balaban J connectivity index is 0.000000344. The number of carboxylic acid groups (broad SMARTS) is 1. The van der Waals surface area contributed by atoms with Gasteiger partial charge in [-0.3, -0.25) is 0 Å². The molecule has 0 aromatic heterocycles. The molecule has 0 atom stereocenters. The smallest absolute Gasteiger partial charge is 0.335 e. The number of carbonyl (C=O) groups is 1. The standard InChI is InChI=1S/C8H8O2.2C4H9.Sn/c1-6-2-4-7(5-3-6)8(9)10;2*1-3-4-2;/h2-5H,1H3,(H,9,10);2*1,3-4H2,2H3;. The van der Waals surface area contributed by atoms with E-state index in [-0.39, 0.29) is 21.1 Å². The molecule has 19 heavy (non-hydrogen) atoms. The van der Waals surface area contributed by atoms with E-state index in [1.165, 1.54) is 25.7 Å². The van der Waals surface area contributed by atoms with Gasteiger partial charge in [-0.2, -0.15) is 0 Å². The Morgan fingerprint density at radius 2 is 1.53 bits per heavy atom. The molecule has 106 valence electrons. The zero-order valence-corrected chi connectivity index (χ0v) is 15.3. The molecule has 0 fully saturated rings. The fraction of sp³-hybridized carbons (Fsp3) is 0.562. The van der Waals surface area contributed by atoms with Gasteiger partial charge in [0.25, 0.3) is 0 Å². The number of hydrogen-bond acceptors (Lipinski definition) is 1. The van der Waals surface area contributed by atoms with Crippen LogP contribution in [0.1, 0.15) is 55.5 Å². The molecule has 0 heterocycles. The van der Waals surface area contributed by atoms with E-state index in [9.17, 15) is 4.79 Å². The van der Waals surface area contributed by atoms with Gasteiger partial charge in [-0.15, -0.1) is 0 Å². The summed E-state index contributed by atoms with van der Waals surface area (Å²) in [7, 11) is 0. The molecule has 2 nitrogen and oxygen atoms in total. The third kappa shape index (κ3) is 11.0. The van der Waals surface area contributed by atoms with Crippen LogP contribution in [0.25, 0.3) is 0 Å². The van der Waals surface area contributed by atoms with E-state index in [2.05, 4.69) is 13.8 Å². The van der Waals surface area contributed by atoms with Crippen molar-refractivity contribution in [1.29, 1.82) is 0 Å². The number of benzene rings is 1. The Morgan fingerprint density at radius 1 is 1.05 bits per heavy atom. The van der Waals surface area contributed by atoms with E-state index in [1.54, 1.807) is 33.1 Å². The van der Waals surface area contributed by atoms with Gasteiger partial charge in [0.2, 0.25) is 0 Å². The Morgan fingerprint density at radius 3 is 1.89 bits per heavy atom. The fourth-order valence-electron chi connectivity index (χ4n) is 1.42. The van der Waals surface area contributed by atoms with Gasteiger partial charge >= 0.3 is 75.5 Å². The van der Waals surface area contributed by atoms with Crippen LogP contribution in [0.3, 0.4) is 0 Å². The second kappa shape index (κ2) is 12.5. The van der Waals surface area contributed by atoms with Crippen LogP contribution in [0.4, 0.5) is 0 Å². The molecule has 0 saturated carbocycles. The Bertz CT molecular complexity index is 327. The molecule has 3 heteroatoms. The maximum absolute atomic E-state index is 10.3. The summed E-state index contributed by atoms with van der Waals surface area (Å²) >= 11 is 0.149. The van der Waals surface area contributed by atoms with Crippen molar-refractivity contribution in [1.82, 2.24) is 0 Å². The zero-order chi connectivity index (χ0) is 14.5. The van der Waals surface area contributed by atoms with Crippen molar-refractivity contribution in [2.24, 2.45) is 0 Å². The van der Waals surface area contributed by atoms with Crippen molar-refractivity contribution in [2.45, 2.75) is 55.3 Å². The molecule has 0 aliphatic heterocycles. The summed E-state index contributed by atoms with van der Waals surface area (Å²) in [5.41, 5.74) is 1.41. The largest absolute Gasteiger partial charge is 0.478 e. The summed E-state index contributed by atoms with van der Waals surface area (Å²) in [6.45, 7) is 6.50. The molecule has 2 radical (unpaired) electrons. The first-order valence-corrected chi connectivity index (χ1v) is 11.2. The topological polar surface area (TPSA) is 37.3 Å².